The number of benzene rings is 5. The molecule has 0 amide bonds. The third-order valence-corrected chi connectivity index (χ3v) is 10.7. The van der Waals surface area contributed by atoms with Crippen LogP contribution in [0.4, 0.5) is 0 Å². The van der Waals surface area contributed by atoms with Crippen LogP contribution in [0.25, 0.3) is 33.1 Å². The Morgan fingerprint density at radius 1 is 0.698 bits per heavy atom. The maximum Gasteiger partial charge on any atom is 0.0877 e. The molecule has 2 heteroatoms. The summed E-state index contributed by atoms with van der Waals surface area (Å²) in [5.41, 5.74) is 13.1. The van der Waals surface area contributed by atoms with Crippen LogP contribution in [0.2, 0.25) is 0 Å². The molecule has 0 spiro atoms. The topological polar surface area (TPSA) is 8.17 Å². The maximum absolute atomic E-state index is 4.17. The van der Waals surface area contributed by atoms with Gasteiger partial charge in [0, 0.05) is 34.1 Å². The molecule has 2 nitrogen and oxygen atoms in total. The zero-order chi connectivity index (χ0) is 36.4. The largest absolute Gasteiger partial charge is 0.319 e. The summed E-state index contributed by atoms with van der Waals surface area (Å²) < 4.78 is 2.38. The van der Waals surface area contributed by atoms with Crippen LogP contribution in [-0.4, -0.2) is 9.47 Å². The zero-order valence-corrected chi connectivity index (χ0v) is 30.5. The van der Waals surface area contributed by atoms with E-state index in [1.807, 2.05) is 12.2 Å². The number of fused-ring (bicyclic) bond motifs is 4. The van der Waals surface area contributed by atoms with E-state index in [0.717, 1.165) is 17.7 Å². The van der Waals surface area contributed by atoms with Crippen LogP contribution in [0, 0.1) is 12.8 Å². The number of aromatic nitrogens is 1. The van der Waals surface area contributed by atoms with Crippen molar-refractivity contribution in [1.29, 1.82) is 0 Å². The lowest BCUT2D eigenvalue weighted by Crippen LogP contribution is -2.32. The highest BCUT2D eigenvalue weighted by Gasteiger charge is 2.49. The van der Waals surface area contributed by atoms with Gasteiger partial charge in [0.15, 0.2) is 0 Å². The molecule has 6 aromatic rings. The molecule has 0 fully saturated rings. The Kier molecular flexibility index (Phi) is 9.12. The first-order valence-corrected chi connectivity index (χ1v) is 18.5. The van der Waals surface area contributed by atoms with Crippen LogP contribution in [0.1, 0.15) is 35.6 Å². The van der Waals surface area contributed by atoms with Gasteiger partial charge in [0.2, 0.25) is 0 Å². The Labute approximate surface area is 313 Å². The van der Waals surface area contributed by atoms with Crippen molar-refractivity contribution in [2.45, 2.75) is 25.7 Å². The minimum atomic E-state index is -0.424. The van der Waals surface area contributed by atoms with E-state index in [0.29, 0.717) is 5.92 Å². The van der Waals surface area contributed by atoms with Gasteiger partial charge in [-0.25, -0.2) is 0 Å². The first kappa shape index (κ1) is 33.7. The smallest absolute Gasteiger partial charge is 0.0877 e. The highest BCUT2D eigenvalue weighted by molar-refractivity contribution is 6.10. The molecule has 1 unspecified atom stereocenters. The number of allylic oxidation sites excluding steroid dienone is 11. The van der Waals surface area contributed by atoms with Gasteiger partial charge in [-0.3, -0.25) is 0 Å². The van der Waals surface area contributed by atoms with E-state index in [1.165, 1.54) is 61.0 Å². The molecule has 0 N–H and O–H groups in total. The van der Waals surface area contributed by atoms with Crippen molar-refractivity contribution in [2.24, 2.45) is 5.92 Å². The van der Waals surface area contributed by atoms with Gasteiger partial charge in [0.05, 0.1) is 16.4 Å². The average Bonchev–Trinajstić information content (AvgIpc) is 3.54. The summed E-state index contributed by atoms with van der Waals surface area (Å²) in [6.07, 6.45) is 22.5. The fourth-order valence-electron chi connectivity index (χ4n) is 8.21. The lowest BCUT2D eigenvalue weighted by atomic mass is 9.68. The molecular weight excluding hydrogens is 641 g/mol. The highest BCUT2D eigenvalue weighted by atomic mass is 15.2. The molecule has 3 aliphatic rings. The van der Waals surface area contributed by atoms with E-state index in [4.69, 9.17) is 0 Å². The number of hydrogen-bond donors (Lipinski definition) is 0. The first-order chi connectivity index (χ1) is 26.0. The molecule has 9 rings (SSSR count). The normalized spacial score (nSPS) is 17.2. The summed E-state index contributed by atoms with van der Waals surface area (Å²) in [5.74, 6) is 0.639. The van der Waals surface area contributed by atoms with Gasteiger partial charge in [-0.15, -0.1) is 0 Å². The highest BCUT2D eigenvalue weighted by Crippen LogP contribution is 2.54. The van der Waals surface area contributed by atoms with Crippen molar-refractivity contribution in [3.63, 3.8) is 0 Å². The standard InChI is InChI=1S/C26H23N.C25H21N/c1-18-8-11-20(12-9-18)21-13-15-26-24(17-21)23-16-19(2)10-14-25(23)27(26)22-6-4-3-5-7-22;1-3-22-23(4-2)26-19-13-7-12-18-24(26)25(22,20-14-8-5-9-15-20)21-16-10-6-11-17-21/h3-8,10-18H,9H2,1-2H3;3-19H,1-2H2. The third kappa shape index (κ3) is 5.87. The molecule has 0 radical (unpaired) electrons. The van der Waals surface area contributed by atoms with Crippen LogP contribution < -0.4 is 0 Å². The van der Waals surface area contributed by atoms with Gasteiger partial charge in [-0.05, 0) is 102 Å². The van der Waals surface area contributed by atoms with E-state index in [2.05, 4.69) is 213 Å². The second-order valence-corrected chi connectivity index (χ2v) is 14.0. The summed E-state index contributed by atoms with van der Waals surface area (Å²) in [6.45, 7) is 12.7. The van der Waals surface area contributed by atoms with Gasteiger partial charge in [-0.2, -0.15) is 0 Å². The molecule has 258 valence electrons. The van der Waals surface area contributed by atoms with E-state index in [9.17, 15) is 0 Å². The van der Waals surface area contributed by atoms with E-state index >= 15 is 0 Å². The predicted octanol–water partition coefficient (Wildman–Crippen LogP) is 13.0. The number of hydrogen-bond acceptors (Lipinski definition) is 1. The van der Waals surface area contributed by atoms with Crippen LogP contribution in [0.5, 0.6) is 0 Å². The Balaban J connectivity index is 0.000000151. The zero-order valence-electron chi connectivity index (χ0n) is 30.5. The molecule has 1 atom stereocenters. The van der Waals surface area contributed by atoms with Crippen molar-refractivity contribution in [1.82, 2.24) is 9.47 Å². The summed E-state index contributed by atoms with van der Waals surface area (Å²) in [6, 6.07) is 45.6. The van der Waals surface area contributed by atoms with Crippen molar-refractivity contribution >= 4 is 27.4 Å². The second kappa shape index (κ2) is 14.3. The maximum atomic E-state index is 4.17. The average molecular weight is 685 g/mol. The van der Waals surface area contributed by atoms with Crippen LogP contribution in [0.15, 0.2) is 218 Å². The van der Waals surface area contributed by atoms with Crippen LogP contribution in [0.3, 0.4) is 0 Å². The molecule has 0 saturated carbocycles. The van der Waals surface area contributed by atoms with Crippen molar-refractivity contribution in [2.75, 3.05) is 0 Å². The molecule has 2 aliphatic heterocycles. The van der Waals surface area contributed by atoms with Crippen LogP contribution in [-0.2, 0) is 5.41 Å². The van der Waals surface area contributed by atoms with E-state index < -0.39 is 5.41 Å². The Bertz CT molecular complexity index is 2480. The molecule has 1 aliphatic carbocycles. The van der Waals surface area contributed by atoms with Crippen molar-refractivity contribution < 1.29 is 0 Å². The second-order valence-electron chi connectivity index (χ2n) is 14.0. The Hall–Kier alpha value is -6.38. The van der Waals surface area contributed by atoms with Gasteiger partial charge in [0.25, 0.3) is 0 Å². The lowest BCUT2D eigenvalue weighted by Gasteiger charge is -2.35. The molecular formula is C51H44N2. The van der Waals surface area contributed by atoms with E-state index in [-0.39, 0.29) is 0 Å². The lowest BCUT2D eigenvalue weighted by molar-refractivity contribution is 0.556. The van der Waals surface area contributed by atoms with Gasteiger partial charge < -0.3 is 9.47 Å². The molecule has 0 saturated heterocycles. The Morgan fingerprint density at radius 2 is 1.34 bits per heavy atom. The fourth-order valence-corrected chi connectivity index (χ4v) is 8.21. The molecule has 0 bridgehead atoms. The summed E-state index contributed by atoms with van der Waals surface area (Å²) in [7, 11) is 0. The molecule has 5 aromatic carbocycles. The summed E-state index contributed by atoms with van der Waals surface area (Å²) in [4.78, 5) is 2.23. The SMILES string of the molecule is C=CC1=C(C=C)C(c2ccccc2)(c2ccccc2)C2=CC=CC=CN21.Cc1ccc2c(c1)c1cc(C3=CCC(C)C=C3)ccc1n2-c1ccccc1. The first-order valence-electron chi connectivity index (χ1n) is 18.5. The van der Waals surface area contributed by atoms with E-state index in [1.54, 1.807) is 0 Å². The molecule has 53 heavy (non-hydrogen) atoms. The number of para-hydroxylation sites is 1. The summed E-state index contributed by atoms with van der Waals surface area (Å²) in [5, 5.41) is 2.65. The third-order valence-electron chi connectivity index (χ3n) is 10.7. The summed E-state index contributed by atoms with van der Waals surface area (Å²) >= 11 is 0. The van der Waals surface area contributed by atoms with Crippen LogP contribution >= 0.6 is 0 Å². The quantitative estimate of drug-likeness (QED) is 0.170. The predicted molar refractivity (Wildman–Crippen MR) is 226 cm³/mol. The van der Waals surface area contributed by atoms with Gasteiger partial charge >= 0.3 is 0 Å². The minimum absolute atomic E-state index is 0.424. The molecule has 3 heterocycles. The number of rotatable bonds is 6. The Morgan fingerprint density at radius 3 is 1.96 bits per heavy atom. The molecule has 1 aromatic heterocycles. The van der Waals surface area contributed by atoms with Crippen molar-refractivity contribution in [3.05, 3.63) is 241 Å². The van der Waals surface area contributed by atoms with Gasteiger partial charge in [-0.1, -0.05) is 153 Å². The monoisotopic (exact) mass is 684 g/mol. The van der Waals surface area contributed by atoms with Crippen molar-refractivity contribution in [3.8, 4) is 5.69 Å². The number of nitrogens with zero attached hydrogens (tertiary/aromatic N) is 2. The minimum Gasteiger partial charge on any atom is -0.319 e. The fraction of sp³-hybridized carbons (Fsp3) is 0.0980. The number of aryl methyl sites for hydroxylation is 1. The van der Waals surface area contributed by atoms with Gasteiger partial charge in [0.1, 0.15) is 0 Å².